The second-order valence-corrected chi connectivity index (χ2v) is 6.61. The third-order valence-electron chi connectivity index (χ3n) is 4.39. The van der Waals surface area contributed by atoms with Gasteiger partial charge >= 0.3 is 11.8 Å². The number of hydrogen-bond acceptors (Lipinski definition) is 5. The van der Waals surface area contributed by atoms with Crippen molar-refractivity contribution in [3.63, 3.8) is 0 Å². The fourth-order valence-electron chi connectivity index (χ4n) is 3.42. The molecule has 2 aliphatic heterocycles. The summed E-state index contributed by atoms with van der Waals surface area (Å²) in [4.78, 5) is 23.7. The molecule has 0 aromatic carbocycles. The van der Waals surface area contributed by atoms with Gasteiger partial charge in [-0.1, -0.05) is 0 Å². The summed E-state index contributed by atoms with van der Waals surface area (Å²) in [6.07, 6.45) is 2.47. The highest BCUT2D eigenvalue weighted by Gasteiger charge is 2.63. The first-order valence-electron chi connectivity index (χ1n) is 6.82. The zero-order valence-corrected chi connectivity index (χ0v) is 11.8. The predicted molar refractivity (Wildman–Crippen MR) is 72.3 cm³/mol. The number of ether oxygens (including phenoxy) is 1. The molecule has 7 heteroatoms. The van der Waals surface area contributed by atoms with E-state index in [4.69, 9.17) is 4.74 Å². The van der Waals surface area contributed by atoms with Crippen LogP contribution in [0.1, 0.15) is 18.5 Å². The van der Waals surface area contributed by atoms with E-state index in [1.807, 2.05) is 6.92 Å². The molecule has 3 fully saturated rings. The number of carbonyl (C=O) groups is 2. The van der Waals surface area contributed by atoms with Gasteiger partial charge in [0.15, 0.2) is 0 Å². The number of hydrogen-bond donors (Lipinski definition) is 2. The molecule has 1 saturated carbocycles. The molecule has 2 saturated heterocycles. The van der Waals surface area contributed by atoms with E-state index in [9.17, 15) is 9.59 Å². The molecule has 2 bridgehead atoms. The maximum absolute atomic E-state index is 11.9. The number of anilines is 1. The van der Waals surface area contributed by atoms with Gasteiger partial charge in [-0.15, -0.1) is 0 Å². The normalized spacial score (nSPS) is 36.5. The van der Waals surface area contributed by atoms with Gasteiger partial charge in [0.05, 0.1) is 23.9 Å². The van der Waals surface area contributed by atoms with Crippen molar-refractivity contribution in [2.24, 2.45) is 11.8 Å². The van der Waals surface area contributed by atoms with Crippen LogP contribution in [0.5, 0.6) is 0 Å². The summed E-state index contributed by atoms with van der Waals surface area (Å²) in [5.41, 5.74) is 0.826. The largest absolute Gasteiger partial charge is 0.372 e. The molecule has 3 heterocycles. The molecular weight excluding hydrogens is 278 g/mol. The van der Waals surface area contributed by atoms with Crippen LogP contribution >= 0.6 is 11.5 Å². The molecule has 20 heavy (non-hydrogen) atoms. The van der Waals surface area contributed by atoms with E-state index in [1.54, 1.807) is 6.07 Å². The van der Waals surface area contributed by atoms with Crippen LogP contribution in [0.15, 0.2) is 6.07 Å². The van der Waals surface area contributed by atoms with E-state index in [0.717, 1.165) is 12.1 Å². The van der Waals surface area contributed by atoms with E-state index in [-0.39, 0.29) is 12.1 Å². The lowest BCUT2D eigenvalue weighted by molar-refractivity contribution is -0.136. The Bertz CT molecular complexity index is 587. The number of nitrogens with zero attached hydrogens (tertiary/aromatic N) is 1. The molecule has 5 atom stereocenters. The van der Waals surface area contributed by atoms with Gasteiger partial charge in [-0.05, 0) is 49.2 Å². The Kier molecular flexibility index (Phi) is 2.62. The Balaban J connectivity index is 1.35. The number of amides is 2. The van der Waals surface area contributed by atoms with Crippen LogP contribution in [0.25, 0.3) is 0 Å². The first-order chi connectivity index (χ1) is 9.61. The summed E-state index contributed by atoms with van der Waals surface area (Å²) in [5, 5.41) is 5.96. The monoisotopic (exact) mass is 293 g/mol. The Morgan fingerprint density at radius 2 is 2.20 bits per heavy atom. The van der Waals surface area contributed by atoms with Gasteiger partial charge in [-0.25, -0.2) is 0 Å². The summed E-state index contributed by atoms with van der Waals surface area (Å²) in [7, 11) is 0. The molecule has 1 aromatic rings. The first-order valence-corrected chi connectivity index (χ1v) is 7.60. The lowest BCUT2D eigenvalue weighted by atomic mass is 9.95. The molecule has 3 aliphatic rings. The lowest BCUT2D eigenvalue weighted by Gasteiger charge is -2.19. The van der Waals surface area contributed by atoms with Gasteiger partial charge in [-0.3, -0.25) is 9.59 Å². The molecule has 1 aliphatic carbocycles. The number of fused-ring (bicyclic) bond motifs is 5. The number of aromatic nitrogens is 1. The second-order valence-electron chi connectivity index (χ2n) is 5.80. The summed E-state index contributed by atoms with van der Waals surface area (Å²) < 4.78 is 9.85. The molecule has 0 unspecified atom stereocenters. The van der Waals surface area contributed by atoms with Crippen molar-refractivity contribution >= 4 is 28.3 Å². The van der Waals surface area contributed by atoms with Crippen molar-refractivity contribution in [1.82, 2.24) is 9.69 Å². The number of rotatable bonds is 2. The SMILES string of the molecule is Cc1cc(NC(=O)C(=O)N[C@@H]2C[C@@H]3O[C@H]2[C@H]2C[C@H]23)sn1. The highest BCUT2D eigenvalue weighted by Crippen LogP contribution is 2.58. The standard InChI is InChI=1S/C13H15N3O3S/c1-5-2-10(20-16-5)15-13(18)12(17)14-8-4-9-6-3-7(6)11(8)19-9/h2,6-9,11H,3-4H2,1H3,(H,14,17)(H,15,18)/t6-,7+,8-,9+,11+/m1/s1. The van der Waals surface area contributed by atoms with Crippen molar-refractivity contribution in [2.45, 2.75) is 38.0 Å². The molecule has 106 valence electrons. The first kappa shape index (κ1) is 12.3. The summed E-state index contributed by atoms with van der Waals surface area (Å²) in [6.45, 7) is 1.84. The number of aryl methyl sites for hydroxylation is 1. The number of nitrogens with one attached hydrogen (secondary N) is 2. The average Bonchev–Trinajstić information content (AvgIpc) is 2.80. The third-order valence-corrected chi connectivity index (χ3v) is 5.19. The topological polar surface area (TPSA) is 80.3 Å². The summed E-state index contributed by atoms with van der Waals surface area (Å²) in [5.74, 6) is 0.0894. The van der Waals surface area contributed by atoms with E-state index < -0.39 is 11.8 Å². The van der Waals surface area contributed by atoms with Crippen molar-refractivity contribution in [1.29, 1.82) is 0 Å². The van der Waals surface area contributed by atoms with Crippen LogP contribution in [0.4, 0.5) is 5.00 Å². The molecule has 2 amide bonds. The molecule has 1 aromatic heterocycles. The Hall–Kier alpha value is -1.47. The van der Waals surface area contributed by atoms with Crippen molar-refractivity contribution < 1.29 is 14.3 Å². The minimum Gasteiger partial charge on any atom is -0.372 e. The zero-order valence-electron chi connectivity index (χ0n) is 11.0. The van der Waals surface area contributed by atoms with Gasteiger partial charge in [0.25, 0.3) is 0 Å². The van der Waals surface area contributed by atoms with Gasteiger partial charge in [0, 0.05) is 0 Å². The van der Waals surface area contributed by atoms with Crippen molar-refractivity contribution in [3.8, 4) is 0 Å². The van der Waals surface area contributed by atoms with Crippen LogP contribution in [0.2, 0.25) is 0 Å². The summed E-state index contributed by atoms with van der Waals surface area (Å²) in [6, 6.07) is 1.73. The molecule has 0 radical (unpaired) electrons. The van der Waals surface area contributed by atoms with Crippen molar-refractivity contribution in [3.05, 3.63) is 11.8 Å². The average molecular weight is 293 g/mol. The Morgan fingerprint density at radius 1 is 1.35 bits per heavy atom. The van der Waals surface area contributed by atoms with Crippen LogP contribution in [0.3, 0.4) is 0 Å². The quantitative estimate of drug-likeness (QED) is 0.786. The Morgan fingerprint density at radius 3 is 2.85 bits per heavy atom. The molecule has 0 spiro atoms. The highest BCUT2D eigenvalue weighted by molar-refractivity contribution is 7.10. The van der Waals surface area contributed by atoms with E-state index >= 15 is 0 Å². The maximum Gasteiger partial charge on any atom is 0.314 e. The molecule has 2 N–H and O–H groups in total. The fraction of sp³-hybridized carbons (Fsp3) is 0.615. The molecule has 6 nitrogen and oxygen atoms in total. The predicted octanol–water partition coefficient (Wildman–Crippen LogP) is 0.682. The second kappa shape index (κ2) is 4.26. The van der Waals surface area contributed by atoms with Gasteiger partial charge in [-0.2, -0.15) is 4.37 Å². The number of carbonyl (C=O) groups excluding carboxylic acids is 2. The summed E-state index contributed by atoms with van der Waals surface area (Å²) >= 11 is 1.17. The maximum atomic E-state index is 11.9. The zero-order chi connectivity index (χ0) is 13.9. The van der Waals surface area contributed by atoms with Crippen molar-refractivity contribution in [2.75, 3.05) is 5.32 Å². The van der Waals surface area contributed by atoms with E-state index in [0.29, 0.717) is 22.9 Å². The van der Waals surface area contributed by atoms with E-state index in [1.165, 1.54) is 18.0 Å². The minimum absolute atomic E-state index is 0.00908. The van der Waals surface area contributed by atoms with Crippen LogP contribution in [-0.4, -0.2) is 34.4 Å². The van der Waals surface area contributed by atoms with Crippen LogP contribution in [-0.2, 0) is 14.3 Å². The fourth-order valence-corrected chi connectivity index (χ4v) is 4.08. The van der Waals surface area contributed by atoms with Gasteiger partial charge in [0.2, 0.25) is 0 Å². The smallest absolute Gasteiger partial charge is 0.314 e. The highest BCUT2D eigenvalue weighted by atomic mass is 32.1. The van der Waals surface area contributed by atoms with Crippen LogP contribution in [0, 0.1) is 18.8 Å². The lowest BCUT2D eigenvalue weighted by Crippen LogP contribution is -2.46. The Labute approximate surface area is 120 Å². The van der Waals surface area contributed by atoms with Gasteiger partial charge in [0.1, 0.15) is 5.00 Å². The van der Waals surface area contributed by atoms with Crippen LogP contribution < -0.4 is 10.6 Å². The molecular formula is C13H15N3O3S. The van der Waals surface area contributed by atoms with Gasteiger partial charge < -0.3 is 15.4 Å². The third kappa shape index (κ3) is 1.92. The molecule has 4 rings (SSSR count). The minimum atomic E-state index is -0.635. The van der Waals surface area contributed by atoms with E-state index in [2.05, 4.69) is 15.0 Å².